The van der Waals surface area contributed by atoms with Gasteiger partial charge in [-0.1, -0.05) is 31.3 Å². The van der Waals surface area contributed by atoms with Crippen LogP contribution in [0.15, 0.2) is 9.42 Å². The summed E-state index contributed by atoms with van der Waals surface area (Å²) in [5.41, 5.74) is 0.395. The van der Waals surface area contributed by atoms with Crippen LogP contribution < -0.4 is 5.32 Å². The molecule has 1 amide bonds. The number of nitrogens with one attached hydrogen (secondary N) is 1. The van der Waals surface area contributed by atoms with Crippen molar-refractivity contribution >= 4 is 15.9 Å². The molecule has 1 saturated carbocycles. The Balaban J connectivity index is 1.40. The van der Waals surface area contributed by atoms with Crippen LogP contribution in [0.4, 0.5) is 0 Å². The summed E-state index contributed by atoms with van der Waals surface area (Å²) >= 11 is 0. The minimum absolute atomic E-state index is 0.0809. The van der Waals surface area contributed by atoms with Crippen LogP contribution in [0.1, 0.15) is 69.7 Å². The number of rotatable bonds is 9. The zero-order valence-electron chi connectivity index (χ0n) is 20.1. The zero-order valence-corrected chi connectivity index (χ0v) is 20.9. The average Bonchev–Trinajstić information content (AvgIpc) is 3.15. The number of nitrogens with zero attached hydrogens (tertiary/aromatic N) is 3. The second-order valence-electron chi connectivity index (χ2n) is 9.60. The summed E-state index contributed by atoms with van der Waals surface area (Å²) in [6, 6.07) is 0.699. The number of piperidine rings is 1. The van der Waals surface area contributed by atoms with Gasteiger partial charge in [0.05, 0.1) is 0 Å². The van der Waals surface area contributed by atoms with E-state index >= 15 is 0 Å². The van der Waals surface area contributed by atoms with Gasteiger partial charge in [0.25, 0.3) is 0 Å². The molecule has 1 aliphatic heterocycles. The van der Waals surface area contributed by atoms with Crippen molar-refractivity contribution in [3.63, 3.8) is 0 Å². The van der Waals surface area contributed by atoms with E-state index in [0.29, 0.717) is 50.0 Å². The van der Waals surface area contributed by atoms with Gasteiger partial charge in [-0.15, -0.1) is 0 Å². The number of hydrogen-bond donors (Lipinski definition) is 1. The van der Waals surface area contributed by atoms with Gasteiger partial charge in [0, 0.05) is 31.6 Å². The van der Waals surface area contributed by atoms with Gasteiger partial charge >= 0.3 is 0 Å². The Kier molecular flexibility index (Phi) is 8.75. The lowest BCUT2D eigenvalue weighted by Crippen LogP contribution is -2.43. The van der Waals surface area contributed by atoms with Crippen LogP contribution in [0.2, 0.25) is 0 Å². The Morgan fingerprint density at radius 1 is 1.19 bits per heavy atom. The van der Waals surface area contributed by atoms with Crippen LogP contribution in [0, 0.1) is 25.7 Å². The van der Waals surface area contributed by atoms with Gasteiger partial charge < -0.3 is 14.7 Å². The van der Waals surface area contributed by atoms with Gasteiger partial charge in [0.2, 0.25) is 15.9 Å². The molecule has 1 saturated heterocycles. The smallest absolute Gasteiger partial charge is 0.248 e. The summed E-state index contributed by atoms with van der Waals surface area (Å²) in [5.74, 6) is 0.481. The van der Waals surface area contributed by atoms with E-state index in [-0.39, 0.29) is 22.6 Å². The standard InChI is InChI=1S/C23H40N4O4S/c1-17(23(28)24-13-8-14-26(4)21-9-6-5-7-10-21)20-11-15-27(16-12-20)32(29,30)22-18(2)25-31-19(22)3/h17,20-21H,5-16H2,1-4H3,(H,24,28)/t17-/m0/s1. The zero-order chi connectivity index (χ0) is 23.3. The van der Waals surface area contributed by atoms with E-state index in [2.05, 4.69) is 22.4 Å². The van der Waals surface area contributed by atoms with E-state index in [1.54, 1.807) is 13.8 Å². The van der Waals surface area contributed by atoms with Crippen molar-refractivity contribution < 1.29 is 17.7 Å². The van der Waals surface area contributed by atoms with Gasteiger partial charge in [-0.25, -0.2) is 8.42 Å². The molecule has 0 spiro atoms. The molecule has 0 aromatic carbocycles. The van der Waals surface area contributed by atoms with Crippen molar-refractivity contribution in [2.24, 2.45) is 11.8 Å². The van der Waals surface area contributed by atoms with E-state index in [1.165, 1.54) is 36.4 Å². The number of amides is 1. The van der Waals surface area contributed by atoms with E-state index in [9.17, 15) is 13.2 Å². The van der Waals surface area contributed by atoms with E-state index in [0.717, 1.165) is 13.0 Å². The van der Waals surface area contributed by atoms with Crippen LogP contribution >= 0.6 is 0 Å². The summed E-state index contributed by atoms with van der Waals surface area (Å²) in [6.07, 6.45) is 8.95. The molecule has 1 aromatic heterocycles. The lowest BCUT2D eigenvalue weighted by Gasteiger charge is -2.33. The van der Waals surface area contributed by atoms with Crippen molar-refractivity contribution in [3.05, 3.63) is 11.5 Å². The number of hydrogen-bond acceptors (Lipinski definition) is 6. The highest BCUT2D eigenvalue weighted by Gasteiger charge is 2.36. The Bertz CT molecular complexity index is 836. The molecule has 1 aromatic rings. The van der Waals surface area contributed by atoms with Gasteiger partial charge in [-0.05, 0) is 65.5 Å². The van der Waals surface area contributed by atoms with Crippen LogP contribution in [-0.2, 0) is 14.8 Å². The molecule has 9 heteroatoms. The lowest BCUT2D eigenvalue weighted by molar-refractivity contribution is -0.126. The highest BCUT2D eigenvalue weighted by atomic mass is 32.2. The Labute approximate surface area is 193 Å². The van der Waals surface area contributed by atoms with Crippen molar-refractivity contribution in [3.8, 4) is 0 Å². The third kappa shape index (κ3) is 5.91. The quantitative estimate of drug-likeness (QED) is 0.560. The number of sulfonamides is 1. The van der Waals surface area contributed by atoms with Gasteiger partial charge in [-0.3, -0.25) is 4.79 Å². The maximum absolute atomic E-state index is 13.0. The number of carbonyl (C=O) groups is 1. The van der Waals surface area contributed by atoms with Crippen LogP contribution in [0.25, 0.3) is 0 Å². The van der Waals surface area contributed by atoms with Crippen LogP contribution in [0.3, 0.4) is 0 Å². The molecule has 2 heterocycles. The van der Waals surface area contributed by atoms with E-state index in [4.69, 9.17) is 4.52 Å². The average molecular weight is 469 g/mol. The van der Waals surface area contributed by atoms with Crippen LogP contribution in [-0.4, -0.2) is 68.0 Å². The lowest BCUT2D eigenvalue weighted by atomic mass is 9.85. The van der Waals surface area contributed by atoms with Gasteiger partial charge in [-0.2, -0.15) is 4.31 Å². The fourth-order valence-electron chi connectivity index (χ4n) is 5.21. The predicted molar refractivity (Wildman–Crippen MR) is 124 cm³/mol. The van der Waals surface area contributed by atoms with Crippen molar-refractivity contribution in [1.29, 1.82) is 0 Å². The molecule has 1 atom stereocenters. The molecule has 1 aliphatic carbocycles. The van der Waals surface area contributed by atoms with E-state index < -0.39 is 10.0 Å². The molecular weight excluding hydrogens is 428 g/mol. The van der Waals surface area contributed by atoms with Crippen molar-refractivity contribution in [1.82, 2.24) is 19.7 Å². The van der Waals surface area contributed by atoms with Crippen molar-refractivity contribution in [2.75, 3.05) is 33.2 Å². The summed E-state index contributed by atoms with van der Waals surface area (Å²) < 4.78 is 32.5. The molecule has 0 radical (unpaired) electrons. The Hall–Kier alpha value is -1.45. The minimum Gasteiger partial charge on any atom is -0.360 e. The number of aryl methyl sites for hydroxylation is 2. The fourth-order valence-corrected chi connectivity index (χ4v) is 6.97. The van der Waals surface area contributed by atoms with E-state index in [1.807, 2.05) is 6.92 Å². The summed E-state index contributed by atoms with van der Waals surface area (Å²) in [7, 11) is -1.41. The third-order valence-corrected chi connectivity index (χ3v) is 9.51. The third-order valence-electron chi connectivity index (χ3n) is 7.37. The maximum atomic E-state index is 13.0. The Morgan fingerprint density at radius 2 is 1.84 bits per heavy atom. The first-order chi connectivity index (χ1) is 15.2. The molecular formula is C23H40N4O4S. The number of aromatic nitrogens is 1. The highest BCUT2D eigenvalue weighted by Crippen LogP contribution is 2.30. The topological polar surface area (TPSA) is 95.8 Å². The monoisotopic (exact) mass is 468 g/mol. The number of carbonyl (C=O) groups excluding carboxylic acids is 1. The molecule has 3 rings (SSSR count). The maximum Gasteiger partial charge on any atom is 0.248 e. The van der Waals surface area contributed by atoms with Crippen molar-refractivity contribution in [2.45, 2.75) is 83.1 Å². The predicted octanol–water partition coefficient (Wildman–Crippen LogP) is 3.10. The summed E-state index contributed by atoms with van der Waals surface area (Å²) in [4.78, 5) is 15.3. The first-order valence-electron chi connectivity index (χ1n) is 12.1. The Morgan fingerprint density at radius 3 is 2.44 bits per heavy atom. The second-order valence-corrected chi connectivity index (χ2v) is 11.5. The van der Waals surface area contributed by atoms with Gasteiger partial charge in [0.1, 0.15) is 10.6 Å². The van der Waals surface area contributed by atoms with Gasteiger partial charge in [0.15, 0.2) is 5.76 Å². The first kappa shape index (κ1) is 25.2. The molecule has 182 valence electrons. The molecule has 0 bridgehead atoms. The minimum atomic E-state index is -3.61. The SMILES string of the molecule is Cc1noc(C)c1S(=O)(=O)N1CCC([C@H](C)C(=O)NCCCN(C)C2CCCCC2)CC1. The molecule has 0 unspecified atom stereocenters. The molecule has 1 N–H and O–H groups in total. The molecule has 2 fully saturated rings. The fraction of sp³-hybridized carbons (Fsp3) is 0.826. The summed E-state index contributed by atoms with van der Waals surface area (Å²) in [5, 5.41) is 6.88. The molecule has 32 heavy (non-hydrogen) atoms. The van der Waals surface area contributed by atoms with Crippen LogP contribution in [0.5, 0.6) is 0 Å². The highest BCUT2D eigenvalue weighted by molar-refractivity contribution is 7.89. The summed E-state index contributed by atoms with van der Waals surface area (Å²) in [6.45, 7) is 7.78. The normalized spacial score (nSPS) is 20.5. The molecule has 2 aliphatic rings. The second kappa shape index (κ2) is 11.1. The molecule has 8 nitrogen and oxygen atoms in total. The largest absolute Gasteiger partial charge is 0.360 e. The first-order valence-corrected chi connectivity index (χ1v) is 13.6.